The molecule has 0 fully saturated rings. The van der Waals surface area contributed by atoms with Gasteiger partial charge in [0.25, 0.3) is 0 Å². The predicted octanol–water partition coefficient (Wildman–Crippen LogP) is 5.12. The first kappa shape index (κ1) is 13.9. The number of hydrogen-bond donors (Lipinski definition) is 1. The second-order valence-corrected chi connectivity index (χ2v) is 6.37. The molecule has 20 heavy (non-hydrogen) atoms. The number of aryl methyl sites for hydroxylation is 1. The SMILES string of the molecule is CCNC1CC(C)CCc2c1cc(Cl)c1ccccc21. The summed E-state index contributed by atoms with van der Waals surface area (Å²) in [6.07, 6.45) is 3.63. The summed E-state index contributed by atoms with van der Waals surface area (Å²) in [4.78, 5) is 0. The van der Waals surface area contributed by atoms with Crippen LogP contribution in [0.5, 0.6) is 0 Å². The van der Waals surface area contributed by atoms with Crippen LogP contribution in [0.25, 0.3) is 10.8 Å². The fourth-order valence-corrected chi connectivity index (χ4v) is 3.76. The van der Waals surface area contributed by atoms with E-state index in [1.807, 2.05) is 0 Å². The molecular weight excluding hydrogens is 266 g/mol. The van der Waals surface area contributed by atoms with Crippen molar-refractivity contribution >= 4 is 22.4 Å². The van der Waals surface area contributed by atoms with Gasteiger partial charge < -0.3 is 5.32 Å². The van der Waals surface area contributed by atoms with Gasteiger partial charge in [-0.25, -0.2) is 0 Å². The molecular formula is C18H22ClN. The van der Waals surface area contributed by atoms with Crippen molar-refractivity contribution in [3.8, 4) is 0 Å². The molecule has 0 radical (unpaired) electrons. The van der Waals surface area contributed by atoms with Crippen molar-refractivity contribution < 1.29 is 0 Å². The van der Waals surface area contributed by atoms with Crippen molar-refractivity contribution in [2.75, 3.05) is 6.54 Å². The highest BCUT2D eigenvalue weighted by Gasteiger charge is 2.24. The first-order valence-electron chi connectivity index (χ1n) is 7.64. The molecule has 0 heterocycles. The summed E-state index contributed by atoms with van der Waals surface area (Å²) in [5, 5.41) is 7.06. The van der Waals surface area contributed by atoms with Crippen LogP contribution >= 0.6 is 11.6 Å². The molecule has 1 aliphatic rings. The minimum atomic E-state index is 0.439. The van der Waals surface area contributed by atoms with E-state index in [2.05, 4.69) is 49.5 Å². The molecule has 1 aliphatic carbocycles. The number of halogens is 1. The average molecular weight is 288 g/mol. The van der Waals surface area contributed by atoms with Crippen molar-refractivity contribution in [3.05, 3.63) is 46.5 Å². The molecule has 0 amide bonds. The van der Waals surface area contributed by atoms with Crippen LogP contribution in [0, 0.1) is 5.92 Å². The lowest BCUT2D eigenvalue weighted by Crippen LogP contribution is -2.22. The first-order chi connectivity index (χ1) is 9.70. The zero-order chi connectivity index (χ0) is 14.1. The summed E-state index contributed by atoms with van der Waals surface area (Å²) in [5.41, 5.74) is 2.92. The van der Waals surface area contributed by atoms with Crippen LogP contribution in [-0.2, 0) is 6.42 Å². The van der Waals surface area contributed by atoms with Crippen LogP contribution in [0.3, 0.4) is 0 Å². The maximum Gasteiger partial charge on any atom is 0.0487 e. The fraction of sp³-hybridized carbons (Fsp3) is 0.444. The Kier molecular flexibility index (Phi) is 4.00. The number of rotatable bonds is 2. The van der Waals surface area contributed by atoms with Gasteiger partial charge in [-0.2, -0.15) is 0 Å². The molecule has 2 aromatic carbocycles. The van der Waals surface area contributed by atoms with Gasteiger partial charge in [0.15, 0.2) is 0 Å². The molecule has 0 saturated carbocycles. The van der Waals surface area contributed by atoms with E-state index in [0.717, 1.165) is 23.9 Å². The Hall–Kier alpha value is -1.05. The molecule has 0 saturated heterocycles. The Morgan fingerprint density at radius 1 is 1.25 bits per heavy atom. The third-order valence-corrected chi connectivity index (χ3v) is 4.80. The van der Waals surface area contributed by atoms with Crippen LogP contribution in [0.1, 0.15) is 43.9 Å². The fourth-order valence-electron chi connectivity index (χ4n) is 3.48. The van der Waals surface area contributed by atoms with Crippen LogP contribution in [0.15, 0.2) is 30.3 Å². The average Bonchev–Trinajstić information content (AvgIpc) is 2.60. The van der Waals surface area contributed by atoms with Gasteiger partial charge in [-0.3, -0.25) is 0 Å². The molecule has 1 N–H and O–H groups in total. The number of nitrogens with one attached hydrogen (secondary N) is 1. The number of fused-ring (bicyclic) bond motifs is 3. The quantitative estimate of drug-likeness (QED) is 0.756. The lowest BCUT2D eigenvalue weighted by Gasteiger charge is -2.21. The molecule has 3 rings (SSSR count). The molecule has 0 aromatic heterocycles. The molecule has 1 nitrogen and oxygen atoms in total. The van der Waals surface area contributed by atoms with Gasteiger partial charge >= 0.3 is 0 Å². The highest BCUT2D eigenvalue weighted by atomic mass is 35.5. The normalized spacial score (nSPS) is 22.6. The maximum absolute atomic E-state index is 6.52. The van der Waals surface area contributed by atoms with Gasteiger partial charge in [-0.1, -0.05) is 49.7 Å². The minimum absolute atomic E-state index is 0.439. The van der Waals surface area contributed by atoms with E-state index in [-0.39, 0.29) is 0 Å². The van der Waals surface area contributed by atoms with E-state index >= 15 is 0 Å². The topological polar surface area (TPSA) is 12.0 Å². The summed E-state index contributed by atoms with van der Waals surface area (Å²) in [6.45, 7) is 5.54. The zero-order valence-electron chi connectivity index (χ0n) is 12.2. The second kappa shape index (κ2) is 5.75. The largest absolute Gasteiger partial charge is 0.310 e. The van der Waals surface area contributed by atoms with Crippen molar-refractivity contribution in [1.82, 2.24) is 5.32 Å². The Balaban J connectivity index is 2.21. The van der Waals surface area contributed by atoms with Gasteiger partial charge in [-0.05, 0) is 54.3 Å². The van der Waals surface area contributed by atoms with Crippen LogP contribution < -0.4 is 5.32 Å². The molecule has 0 bridgehead atoms. The number of benzene rings is 2. The highest BCUT2D eigenvalue weighted by molar-refractivity contribution is 6.35. The lowest BCUT2D eigenvalue weighted by atomic mass is 9.93. The molecule has 106 valence electrons. The van der Waals surface area contributed by atoms with Gasteiger partial charge in [0, 0.05) is 16.5 Å². The molecule has 0 aliphatic heterocycles. The lowest BCUT2D eigenvalue weighted by molar-refractivity contribution is 0.415. The van der Waals surface area contributed by atoms with Crippen LogP contribution in [0.4, 0.5) is 0 Å². The van der Waals surface area contributed by atoms with Gasteiger partial charge in [-0.15, -0.1) is 0 Å². The Labute approximate surface area is 126 Å². The van der Waals surface area contributed by atoms with E-state index in [1.165, 1.54) is 34.7 Å². The van der Waals surface area contributed by atoms with Crippen molar-refractivity contribution in [2.24, 2.45) is 5.92 Å². The summed E-state index contributed by atoms with van der Waals surface area (Å²) in [7, 11) is 0. The van der Waals surface area contributed by atoms with E-state index in [9.17, 15) is 0 Å². The highest BCUT2D eigenvalue weighted by Crippen LogP contribution is 2.38. The molecule has 2 aromatic rings. The Morgan fingerprint density at radius 3 is 2.75 bits per heavy atom. The molecule has 2 unspecified atom stereocenters. The van der Waals surface area contributed by atoms with E-state index in [4.69, 9.17) is 11.6 Å². The third-order valence-electron chi connectivity index (χ3n) is 4.49. The molecule has 2 heteroatoms. The first-order valence-corrected chi connectivity index (χ1v) is 8.02. The van der Waals surface area contributed by atoms with Crippen molar-refractivity contribution in [1.29, 1.82) is 0 Å². The standard InChI is InChI=1S/C18H22ClN/c1-3-20-18-10-12(2)8-9-14-13-6-4-5-7-15(13)17(19)11-16(14)18/h4-7,11-12,18,20H,3,8-10H2,1-2H3. The van der Waals surface area contributed by atoms with E-state index in [0.29, 0.717) is 6.04 Å². The van der Waals surface area contributed by atoms with Gasteiger partial charge in [0.1, 0.15) is 0 Å². The predicted molar refractivity (Wildman–Crippen MR) is 87.5 cm³/mol. The van der Waals surface area contributed by atoms with Crippen LogP contribution in [-0.4, -0.2) is 6.54 Å². The van der Waals surface area contributed by atoms with Crippen molar-refractivity contribution in [3.63, 3.8) is 0 Å². The van der Waals surface area contributed by atoms with Crippen LogP contribution in [0.2, 0.25) is 5.02 Å². The third kappa shape index (κ3) is 2.45. The molecule has 0 spiro atoms. The Morgan fingerprint density at radius 2 is 2.00 bits per heavy atom. The van der Waals surface area contributed by atoms with E-state index in [1.54, 1.807) is 0 Å². The second-order valence-electron chi connectivity index (χ2n) is 5.96. The summed E-state index contributed by atoms with van der Waals surface area (Å²) < 4.78 is 0. The smallest absolute Gasteiger partial charge is 0.0487 e. The van der Waals surface area contributed by atoms with Gasteiger partial charge in [0.05, 0.1) is 0 Å². The summed E-state index contributed by atoms with van der Waals surface area (Å²) >= 11 is 6.52. The Bertz CT molecular complexity index is 620. The molecule has 2 atom stereocenters. The zero-order valence-corrected chi connectivity index (χ0v) is 13.0. The number of hydrogen-bond acceptors (Lipinski definition) is 1. The van der Waals surface area contributed by atoms with Crippen molar-refractivity contribution in [2.45, 2.75) is 39.2 Å². The van der Waals surface area contributed by atoms with Gasteiger partial charge in [0.2, 0.25) is 0 Å². The summed E-state index contributed by atoms with van der Waals surface area (Å²) in [5.74, 6) is 0.754. The monoisotopic (exact) mass is 287 g/mol. The summed E-state index contributed by atoms with van der Waals surface area (Å²) in [6, 6.07) is 11.2. The minimum Gasteiger partial charge on any atom is -0.310 e. The maximum atomic E-state index is 6.52. The van der Waals surface area contributed by atoms with E-state index < -0.39 is 0 Å².